The molecule has 2 N–H and O–H groups in total. The van der Waals surface area contributed by atoms with E-state index < -0.39 is 23.7 Å². The molecule has 31 heavy (non-hydrogen) atoms. The van der Waals surface area contributed by atoms with E-state index in [0.29, 0.717) is 6.20 Å². The van der Waals surface area contributed by atoms with Gasteiger partial charge in [0.1, 0.15) is 11.5 Å². The van der Waals surface area contributed by atoms with Crippen LogP contribution in [0.3, 0.4) is 0 Å². The number of nitrogens with zero attached hydrogens (tertiary/aromatic N) is 2. The van der Waals surface area contributed by atoms with Gasteiger partial charge in [0.15, 0.2) is 0 Å². The van der Waals surface area contributed by atoms with Gasteiger partial charge >= 0.3 is 12.3 Å². The Morgan fingerprint density at radius 1 is 0.968 bits per heavy atom. The van der Waals surface area contributed by atoms with Crippen LogP contribution in [-0.2, 0) is 6.18 Å². The molecule has 0 fully saturated rings. The number of primary amides is 1. The first kappa shape index (κ1) is 21.6. The standard InChI is InChI=1S/C21H16F3N3O4/c1-27(17-5-3-2-4-16(17)19(25)28)20(29)31-15-9-7-14(8-10-15)30-18-11-6-13(12-26-18)21(22,23)24/h2-12H,1H3,(H2,25,28). The van der Waals surface area contributed by atoms with Gasteiger partial charge in [-0.1, -0.05) is 12.1 Å². The third-order valence-electron chi connectivity index (χ3n) is 4.12. The summed E-state index contributed by atoms with van der Waals surface area (Å²) in [6.45, 7) is 0. The fourth-order valence-corrected chi connectivity index (χ4v) is 2.55. The third-order valence-corrected chi connectivity index (χ3v) is 4.12. The third kappa shape index (κ3) is 5.30. The normalized spacial score (nSPS) is 11.0. The monoisotopic (exact) mass is 431 g/mol. The summed E-state index contributed by atoms with van der Waals surface area (Å²) < 4.78 is 48.4. The van der Waals surface area contributed by atoms with Gasteiger partial charge in [-0.15, -0.1) is 0 Å². The minimum atomic E-state index is -4.48. The minimum Gasteiger partial charge on any atom is -0.439 e. The molecule has 1 aromatic heterocycles. The molecule has 160 valence electrons. The number of aromatic nitrogens is 1. The van der Waals surface area contributed by atoms with Crippen LogP contribution in [0.2, 0.25) is 0 Å². The summed E-state index contributed by atoms with van der Waals surface area (Å²) in [6, 6.07) is 14.0. The van der Waals surface area contributed by atoms with Gasteiger partial charge in [0.2, 0.25) is 5.88 Å². The van der Waals surface area contributed by atoms with Crippen LogP contribution in [0.15, 0.2) is 66.9 Å². The van der Waals surface area contributed by atoms with Crippen LogP contribution in [-0.4, -0.2) is 24.0 Å². The number of anilines is 1. The van der Waals surface area contributed by atoms with E-state index >= 15 is 0 Å². The fraction of sp³-hybridized carbons (Fsp3) is 0.0952. The van der Waals surface area contributed by atoms with Crippen molar-refractivity contribution < 1.29 is 32.2 Å². The van der Waals surface area contributed by atoms with E-state index in [0.717, 1.165) is 17.0 Å². The van der Waals surface area contributed by atoms with E-state index in [-0.39, 0.29) is 28.6 Å². The Balaban J connectivity index is 1.65. The number of amides is 2. The van der Waals surface area contributed by atoms with Crippen molar-refractivity contribution in [1.82, 2.24) is 4.98 Å². The maximum Gasteiger partial charge on any atom is 0.419 e. The number of para-hydroxylation sites is 1. The lowest BCUT2D eigenvalue weighted by Gasteiger charge is -2.19. The Labute approximate surface area is 174 Å². The smallest absolute Gasteiger partial charge is 0.419 e. The van der Waals surface area contributed by atoms with E-state index in [1.807, 2.05) is 0 Å². The molecule has 2 amide bonds. The molecule has 0 spiro atoms. The molecule has 0 saturated heterocycles. The molecule has 0 aliphatic carbocycles. The average molecular weight is 431 g/mol. The molecule has 2 aromatic carbocycles. The van der Waals surface area contributed by atoms with Gasteiger partial charge < -0.3 is 15.2 Å². The minimum absolute atomic E-state index is 0.0273. The second-order valence-electron chi connectivity index (χ2n) is 6.26. The van der Waals surface area contributed by atoms with Crippen LogP contribution < -0.4 is 20.1 Å². The van der Waals surface area contributed by atoms with E-state index in [2.05, 4.69) is 4.98 Å². The number of alkyl halides is 3. The molecule has 3 rings (SSSR count). The highest BCUT2D eigenvalue weighted by atomic mass is 19.4. The quantitative estimate of drug-likeness (QED) is 0.636. The molecule has 0 radical (unpaired) electrons. The summed E-state index contributed by atoms with van der Waals surface area (Å²) in [6.07, 6.45) is -4.57. The molecule has 1 heterocycles. The van der Waals surface area contributed by atoms with Crippen LogP contribution in [0.4, 0.5) is 23.7 Å². The van der Waals surface area contributed by atoms with E-state index in [9.17, 15) is 22.8 Å². The van der Waals surface area contributed by atoms with Crippen molar-refractivity contribution in [2.75, 3.05) is 11.9 Å². The van der Waals surface area contributed by atoms with Gasteiger partial charge in [-0.05, 0) is 42.5 Å². The average Bonchev–Trinajstić information content (AvgIpc) is 2.74. The van der Waals surface area contributed by atoms with Crippen molar-refractivity contribution in [1.29, 1.82) is 0 Å². The summed E-state index contributed by atoms with van der Waals surface area (Å²) in [5, 5.41) is 0. The Bertz CT molecular complexity index is 1080. The second kappa shape index (κ2) is 8.74. The molecule has 0 unspecified atom stereocenters. The van der Waals surface area contributed by atoms with Gasteiger partial charge in [-0.25, -0.2) is 9.78 Å². The van der Waals surface area contributed by atoms with Crippen molar-refractivity contribution in [3.63, 3.8) is 0 Å². The highest BCUT2D eigenvalue weighted by Crippen LogP contribution is 2.30. The van der Waals surface area contributed by atoms with Gasteiger partial charge in [0.05, 0.1) is 16.8 Å². The van der Waals surface area contributed by atoms with Gasteiger partial charge in [0.25, 0.3) is 5.91 Å². The Hall–Kier alpha value is -4.08. The first-order valence-electron chi connectivity index (χ1n) is 8.80. The molecule has 10 heteroatoms. The number of nitrogens with two attached hydrogens (primary N) is 1. The van der Waals surface area contributed by atoms with Crippen molar-refractivity contribution in [3.05, 3.63) is 78.0 Å². The molecule has 0 saturated carbocycles. The highest BCUT2D eigenvalue weighted by molar-refractivity contribution is 6.02. The molecular weight excluding hydrogens is 415 g/mol. The lowest BCUT2D eigenvalue weighted by molar-refractivity contribution is -0.137. The molecule has 3 aromatic rings. The maximum atomic E-state index is 12.6. The summed E-state index contributed by atoms with van der Waals surface area (Å²) >= 11 is 0. The van der Waals surface area contributed by atoms with Crippen molar-refractivity contribution in [2.45, 2.75) is 6.18 Å². The molecule has 7 nitrogen and oxygen atoms in total. The fourth-order valence-electron chi connectivity index (χ4n) is 2.55. The number of hydrogen-bond donors (Lipinski definition) is 1. The number of rotatable bonds is 5. The molecular formula is C21H16F3N3O4. The summed E-state index contributed by atoms with van der Waals surface area (Å²) in [5.74, 6) is -0.255. The number of halogens is 3. The number of benzene rings is 2. The first-order valence-corrected chi connectivity index (χ1v) is 8.80. The number of carbonyl (C=O) groups is 2. The van der Waals surface area contributed by atoms with Crippen LogP contribution in [0.25, 0.3) is 0 Å². The van der Waals surface area contributed by atoms with Crippen molar-refractivity contribution >= 4 is 17.7 Å². The highest BCUT2D eigenvalue weighted by Gasteiger charge is 2.30. The number of carbonyl (C=O) groups excluding carboxylic acids is 2. The number of hydrogen-bond acceptors (Lipinski definition) is 5. The van der Waals surface area contributed by atoms with E-state index in [4.69, 9.17) is 15.2 Å². The lowest BCUT2D eigenvalue weighted by Crippen LogP contribution is -2.31. The van der Waals surface area contributed by atoms with Crippen LogP contribution in [0.5, 0.6) is 17.4 Å². The molecule has 0 bridgehead atoms. The largest absolute Gasteiger partial charge is 0.439 e. The zero-order chi connectivity index (χ0) is 22.6. The van der Waals surface area contributed by atoms with Gasteiger partial charge in [0, 0.05) is 19.3 Å². The van der Waals surface area contributed by atoms with E-state index in [1.54, 1.807) is 18.2 Å². The van der Waals surface area contributed by atoms with Crippen molar-refractivity contribution in [3.8, 4) is 17.4 Å². The molecule has 0 aliphatic heterocycles. The van der Waals surface area contributed by atoms with E-state index in [1.165, 1.54) is 37.4 Å². The van der Waals surface area contributed by atoms with Gasteiger partial charge in [-0.3, -0.25) is 9.69 Å². The molecule has 0 aliphatic rings. The Morgan fingerprint density at radius 3 is 2.19 bits per heavy atom. The lowest BCUT2D eigenvalue weighted by atomic mass is 10.1. The maximum absolute atomic E-state index is 12.6. The summed E-state index contributed by atoms with van der Waals surface area (Å²) in [4.78, 5) is 28.7. The molecule has 0 atom stereocenters. The van der Waals surface area contributed by atoms with Crippen LogP contribution in [0, 0.1) is 0 Å². The summed E-state index contributed by atoms with van der Waals surface area (Å²) in [5.41, 5.74) is 4.88. The topological polar surface area (TPSA) is 94.8 Å². The predicted octanol–water partition coefficient (Wildman–Crippen LogP) is 4.63. The number of pyridine rings is 1. The zero-order valence-corrected chi connectivity index (χ0v) is 16.1. The first-order chi connectivity index (χ1) is 14.6. The van der Waals surface area contributed by atoms with Crippen LogP contribution >= 0.6 is 0 Å². The van der Waals surface area contributed by atoms with Crippen molar-refractivity contribution in [2.24, 2.45) is 5.73 Å². The predicted molar refractivity (Wildman–Crippen MR) is 105 cm³/mol. The summed E-state index contributed by atoms with van der Waals surface area (Å²) in [7, 11) is 1.43. The Kier molecular flexibility index (Phi) is 6.10. The number of ether oxygens (including phenoxy) is 2. The SMILES string of the molecule is CN(C(=O)Oc1ccc(Oc2ccc(C(F)(F)F)cn2)cc1)c1ccccc1C(N)=O. The van der Waals surface area contributed by atoms with Gasteiger partial charge in [-0.2, -0.15) is 13.2 Å². The Morgan fingerprint density at radius 2 is 1.61 bits per heavy atom. The van der Waals surface area contributed by atoms with Crippen LogP contribution in [0.1, 0.15) is 15.9 Å². The zero-order valence-electron chi connectivity index (χ0n) is 16.1. The second-order valence-corrected chi connectivity index (χ2v) is 6.26.